The molecule has 1 aromatic carbocycles. The minimum absolute atomic E-state index is 0.0405. The van der Waals surface area contributed by atoms with E-state index in [4.69, 9.17) is 18.9 Å². The zero-order valence-electron chi connectivity index (χ0n) is 20.0. The summed E-state index contributed by atoms with van der Waals surface area (Å²) in [7, 11) is 1.61. The lowest BCUT2D eigenvalue weighted by molar-refractivity contribution is -0.143. The number of allylic oxidation sites excluding steroid dienone is 5. The van der Waals surface area contributed by atoms with E-state index in [2.05, 4.69) is 0 Å². The van der Waals surface area contributed by atoms with Gasteiger partial charge in [-0.2, -0.15) is 0 Å². The number of carbonyl (C=O) groups is 1. The van der Waals surface area contributed by atoms with Crippen LogP contribution in [0.3, 0.4) is 0 Å². The molecule has 180 valence electrons. The second kappa shape index (κ2) is 10.6. The second-order valence-corrected chi connectivity index (χ2v) is 8.26. The number of esters is 1. The molecular weight excluding hydrogens is 434 g/mol. The first kappa shape index (κ1) is 23.7. The van der Waals surface area contributed by atoms with Crippen LogP contribution in [-0.2, 0) is 27.2 Å². The van der Waals surface area contributed by atoms with Gasteiger partial charge in [0.1, 0.15) is 23.8 Å². The molecule has 1 aromatic heterocycles. The smallest absolute Gasteiger partial charge is 0.325 e. The molecule has 2 heterocycles. The van der Waals surface area contributed by atoms with Crippen LogP contribution in [0.2, 0.25) is 0 Å². The van der Waals surface area contributed by atoms with Crippen LogP contribution in [0.15, 0.2) is 47.1 Å². The number of carbonyl (C=O) groups excluding carboxylic acids is 1. The average molecular weight is 466 g/mol. The number of rotatable bonds is 8. The molecule has 0 radical (unpaired) electrons. The van der Waals surface area contributed by atoms with Crippen molar-refractivity contribution >= 4 is 22.4 Å². The Morgan fingerprint density at radius 2 is 2.09 bits per heavy atom. The highest BCUT2D eigenvalue weighted by atomic mass is 16.5. The van der Waals surface area contributed by atoms with Gasteiger partial charge in [0.05, 0.1) is 37.8 Å². The summed E-state index contributed by atoms with van der Waals surface area (Å²) < 4.78 is 24.5. The molecule has 0 fully saturated rings. The van der Waals surface area contributed by atoms with Gasteiger partial charge in [-0.1, -0.05) is 19.1 Å². The standard InChI is InChI=1S/C27H31NO6/c1-4-13-33-22-15-19-9-7-14-34-27(19)24-25(22)28(17-23(29)32-5-2)16-21(26(24)30)18-8-6-10-20(31-3)12-11-18/h6,10-12,15-16H,4-5,7-9,13-14,17H2,1-3H3. The summed E-state index contributed by atoms with van der Waals surface area (Å²) in [5.41, 5.74) is 2.73. The van der Waals surface area contributed by atoms with E-state index in [0.717, 1.165) is 30.4 Å². The predicted octanol–water partition coefficient (Wildman–Crippen LogP) is 4.55. The van der Waals surface area contributed by atoms with Crippen molar-refractivity contribution in [1.82, 2.24) is 4.57 Å². The van der Waals surface area contributed by atoms with Gasteiger partial charge in [0, 0.05) is 11.8 Å². The lowest BCUT2D eigenvalue weighted by Crippen LogP contribution is -2.22. The molecule has 0 amide bonds. The zero-order chi connectivity index (χ0) is 24.1. The van der Waals surface area contributed by atoms with Crippen molar-refractivity contribution < 1.29 is 23.7 Å². The van der Waals surface area contributed by atoms with Crippen molar-refractivity contribution in [1.29, 1.82) is 0 Å². The Hall–Kier alpha value is -3.48. The summed E-state index contributed by atoms with van der Waals surface area (Å²) >= 11 is 0. The van der Waals surface area contributed by atoms with Crippen LogP contribution in [0.4, 0.5) is 0 Å². The van der Waals surface area contributed by atoms with E-state index in [1.54, 1.807) is 24.8 Å². The quantitative estimate of drug-likeness (QED) is 0.533. The van der Waals surface area contributed by atoms with E-state index in [9.17, 15) is 9.59 Å². The maximum atomic E-state index is 14.0. The summed E-state index contributed by atoms with van der Waals surface area (Å²) in [6, 6.07) is 1.95. The number of benzene rings is 1. The predicted molar refractivity (Wildman–Crippen MR) is 131 cm³/mol. The van der Waals surface area contributed by atoms with Gasteiger partial charge in [-0.25, -0.2) is 0 Å². The van der Waals surface area contributed by atoms with Crippen molar-refractivity contribution in [3.63, 3.8) is 0 Å². The SMILES string of the molecule is CCCOc1cc2c(c3c(=O)c(C4=CC=C(OC)C=CC4)cn(CC(=O)OCC)c13)OCCC2. The van der Waals surface area contributed by atoms with E-state index in [0.29, 0.717) is 53.4 Å². The molecule has 0 saturated carbocycles. The minimum atomic E-state index is -0.380. The molecule has 1 aliphatic carbocycles. The first-order valence-electron chi connectivity index (χ1n) is 11.8. The molecule has 4 rings (SSSR count). The molecule has 0 unspecified atom stereocenters. The highest BCUT2D eigenvalue weighted by Gasteiger charge is 2.25. The number of methoxy groups -OCH3 is 1. The van der Waals surface area contributed by atoms with Crippen molar-refractivity contribution in [2.45, 2.75) is 46.1 Å². The summed E-state index contributed by atoms with van der Waals surface area (Å²) in [5, 5.41) is 0.454. The normalized spacial score (nSPS) is 15.0. The Balaban J connectivity index is 2.01. The summed E-state index contributed by atoms with van der Waals surface area (Å²) in [4.78, 5) is 26.5. The Morgan fingerprint density at radius 3 is 2.85 bits per heavy atom. The monoisotopic (exact) mass is 465 g/mol. The van der Waals surface area contributed by atoms with Crippen molar-refractivity contribution in [2.24, 2.45) is 0 Å². The minimum Gasteiger partial charge on any atom is -0.497 e. The Labute approximate surface area is 199 Å². The summed E-state index contributed by atoms with van der Waals surface area (Å²) in [5.74, 6) is 1.51. The van der Waals surface area contributed by atoms with Gasteiger partial charge in [-0.3, -0.25) is 9.59 Å². The second-order valence-electron chi connectivity index (χ2n) is 8.26. The van der Waals surface area contributed by atoms with E-state index in [1.165, 1.54) is 0 Å². The molecule has 34 heavy (non-hydrogen) atoms. The van der Waals surface area contributed by atoms with Gasteiger partial charge < -0.3 is 23.5 Å². The van der Waals surface area contributed by atoms with E-state index in [-0.39, 0.29) is 24.5 Å². The fraction of sp³-hybridized carbons (Fsp3) is 0.407. The highest BCUT2D eigenvalue weighted by Crippen LogP contribution is 2.39. The number of ether oxygens (including phenoxy) is 4. The van der Waals surface area contributed by atoms with Crippen molar-refractivity contribution in [3.8, 4) is 11.5 Å². The number of hydrogen-bond acceptors (Lipinski definition) is 6. The van der Waals surface area contributed by atoms with E-state index in [1.807, 2.05) is 37.3 Å². The molecule has 0 atom stereocenters. The van der Waals surface area contributed by atoms with Crippen LogP contribution in [0.1, 0.15) is 44.2 Å². The third-order valence-electron chi connectivity index (χ3n) is 5.89. The molecule has 7 nitrogen and oxygen atoms in total. The van der Waals surface area contributed by atoms with Crippen LogP contribution < -0.4 is 14.9 Å². The van der Waals surface area contributed by atoms with Gasteiger partial charge >= 0.3 is 5.97 Å². The number of hydrogen-bond donors (Lipinski definition) is 0. The number of fused-ring (bicyclic) bond motifs is 3. The Morgan fingerprint density at radius 1 is 1.24 bits per heavy atom. The molecule has 0 saturated heterocycles. The van der Waals surface area contributed by atoms with Crippen LogP contribution >= 0.6 is 0 Å². The number of nitrogens with zero attached hydrogens (tertiary/aromatic N) is 1. The molecule has 7 heteroatoms. The number of aromatic nitrogens is 1. The lowest BCUT2D eigenvalue weighted by atomic mass is 9.97. The van der Waals surface area contributed by atoms with Crippen LogP contribution in [-0.4, -0.2) is 37.5 Å². The maximum absolute atomic E-state index is 14.0. The first-order valence-corrected chi connectivity index (χ1v) is 11.8. The Bertz CT molecular complexity index is 1230. The van der Waals surface area contributed by atoms with Gasteiger partial charge in [0.25, 0.3) is 0 Å². The Kier molecular flexibility index (Phi) is 7.40. The molecule has 1 aliphatic heterocycles. The molecule has 0 spiro atoms. The van der Waals surface area contributed by atoms with Gasteiger partial charge in [-0.05, 0) is 62.0 Å². The zero-order valence-corrected chi connectivity index (χ0v) is 20.0. The fourth-order valence-corrected chi connectivity index (χ4v) is 4.35. The highest BCUT2D eigenvalue weighted by molar-refractivity contribution is 5.95. The van der Waals surface area contributed by atoms with Crippen molar-refractivity contribution in [2.75, 3.05) is 26.9 Å². The van der Waals surface area contributed by atoms with Gasteiger partial charge in [-0.15, -0.1) is 0 Å². The topological polar surface area (TPSA) is 76.0 Å². The fourth-order valence-electron chi connectivity index (χ4n) is 4.35. The van der Waals surface area contributed by atoms with E-state index < -0.39 is 0 Å². The number of aryl methyl sites for hydroxylation is 1. The van der Waals surface area contributed by atoms with E-state index >= 15 is 0 Å². The van der Waals surface area contributed by atoms with Gasteiger partial charge in [0.2, 0.25) is 5.43 Å². The molecule has 0 bridgehead atoms. The molecule has 2 aliphatic rings. The van der Waals surface area contributed by atoms with Crippen molar-refractivity contribution in [3.05, 3.63) is 63.7 Å². The van der Waals surface area contributed by atoms with Crippen LogP contribution in [0, 0.1) is 0 Å². The maximum Gasteiger partial charge on any atom is 0.325 e. The molecular formula is C27H31NO6. The van der Waals surface area contributed by atoms with Gasteiger partial charge in [0.15, 0.2) is 0 Å². The summed E-state index contributed by atoms with van der Waals surface area (Å²) in [6.07, 6.45) is 12.4. The largest absolute Gasteiger partial charge is 0.497 e. The number of pyridine rings is 1. The van der Waals surface area contributed by atoms with Crippen LogP contribution in [0.25, 0.3) is 16.5 Å². The third kappa shape index (κ3) is 4.74. The first-order chi connectivity index (χ1) is 16.6. The van der Waals surface area contributed by atoms with Crippen LogP contribution in [0.5, 0.6) is 11.5 Å². The third-order valence-corrected chi connectivity index (χ3v) is 5.89. The lowest BCUT2D eigenvalue weighted by Gasteiger charge is -2.24. The molecule has 2 aromatic rings. The summed E-state index contributed by atoms with van der Waals surface area (Å²) in [6.45, 7) is 5.09. The average Bonchev–Trinajstić information content (AvgIpc) is 3.09. The molecule has 0 N–H and O–H groups in total.